The maximum Gasteiger partial charge on any atom is 0.266 e. The number of hydrogen-bond acceptors (Lipinski definition) is 5. The van der Waals surface area contributed by atoms with E-state index < -0.39 is 21.3 Å². The summed E-state index contributed by atoms with van der Waals surface area (Å²) in [6.45, 7) is 0. The summed E-state index contributed by atoms with van der Waals surface area (Å²) in [4.78, 5) is 13.5. The Labute approximate surface area is 181 Å². The molecular formula is C23H25N3O4S. The van der Waals surface area contributed by atoms with Gasteiger partial charge in [0.15, 0.2) is 0 Å². The lowest BCUT2D eigenvalue weighted by molar-refractivity contribution is -0.128. The molecule has 0 radical (unpaired) electrons. The topological polar surface area (TPSA) is 89.8 Å². The highest BCUT2D eigenvalue weighted by Crippen LogP contribution is 2.49. The lowest BCUT2D eigenvalue weighted by Gasteiger charge is -2.41. The Kier molecular flexibility index (Phi) is 4.77. The van der Waals surface area contributed by atoms with E-state index in [1.54, 1.807) is 25.4 Å². The molecule has 0 bridgehead atoms. The van der Waals surface area contributed by atoms with Crippen molar-refractivity contribution < 1.29 is 17.9 Å². The number of methoxy groups -OCH3 is 1. The van der Waals surface area contributed by atoms with Crippen LogP contribution in [0.5, 0.6) is 5.75 Å². The molecular weight excluding hydrogens is 414 g/mol. The number of carbonyl (C=O) groups is 1. The van der Waals surface area contributed by atoms with Crippen molar-refractivity contribution in [3.05, 3.63) is 59.9 Å². The highest BCUT2D eigenvalue weighted by Gasteiger charge is 2.49. The van der Waals surface area contributed by atoms with Crippen LogP contribution in [0, 0.1) is 0 Å². The van der Waals surface area contributed by atoms with Gasteiger partial charge in [-0.15, -0.1) is 0 Å². The van der Waals surface area contributed by atoms with Crippen LogP contribution in [0.15, 0.2) is 53.7 Å². The number of hydrogen-bond donors (Lipinski definition) is 1. The number of nitrogens with zero attached hydrogens (tertiary/aromatic N) is 2. The molecule has 162 valence electrons. The van der Waals surface area contributed by atoms with Crippen molar-refractivity contribution in [3.63, 3.8) is 0 Å². The van der Waals surface area contributed by atoms with Gasteiger partial charge in [-0.1, -0.05) is 25.0 Å². The van der Waals surface area contributed by atoms with Crippen LogP contribution in [0.3, 0.4) is 0 Å². The molecule has 3 aromatic rings. The maximum absolute atomic E-state index is 13.5. The van der Waals surface area contributed by atoms with E-state index in [2.05, 4.69) is 22.0 Å². The second-order valence-corrected chi connectivity index (χ2v) is 10.1. The molecule has 0 saturated heterocycles. The Hall–Kier alpha value is -2.87. The van der Waals surface area contributed by atoms with Crippen molar-refractivity contribution in [1.82, 2.24) is 14.3 Å². The first-order chi connectivity index (χ1) is 14.9. The molecule has 1 amide bonds. The average molecular weight is 440 g/mol. The molecule has 0 unspecified atom stereocenters. The largest absolute Gasteiger partial charge is 0.496 e. The van der Waals surface area contributed by atoms with Gasteiger partial charge in [-0.05, 0) is 61.4 Å². The number of rotatable bonds is 6. The van der Waals surface area contributed by atoms with Crippen molar-refractivity contribution >= 4 is 21.4 Å². The van der Waals surface area contributed by atoms with E-state index in [0.29, 0.717) is 30.0 Å². The van der Waals surface area contributed by atoms with Gasteiger partial charge in [0, 0.05) is 11.8 Å². The molecule has 2 fully saturated rings. The van der Waals surface area contributed by atoms with E-state index in [-0.39, 0.29) is 4.90 Å². The fraction of sp³-hybridized carbons (Fsp3) is 0.391. The number of sulfonamides is 1. The normalized spacial score (nSPS) is 18.2. The number of ether oxygens (including phenoxy) is 1. The van der Waals surface area contributed by atoms with Crippen LogP contribution in [0.1, 0.15) is 55.6 Å². The van der Waals surface area contributed by atoms with Gasteiger partial charge in [-0.25, -0.2) is 17.7 Å². The highest BCUT2D eigenvalue weighted by molar-refractivity contribution is 7.90. The molecule has 0 atom stereocenters. The molecule has 0 spiro atoms. The monoisotopic (exact) mass is 439 g/mol. The first-order valence-electron chi connectivity index (χ1n) is 10.6. The number of nitrogens with one attached hydrogen (secondary N) is 1. The van der Waals surface area contributed by atoms with Crippen molar-refractivity contribution in [1.29, 1.82) is 0 Å². The third kappa shape index (κ3) is 3.20. The molecule has 2 saturated carbocycles. The van der Waals surface area contributed by atoms with Crippen molar-refractivity contribution in [2.75, 3.05) is 7.11 Å². The third-order valence-corrected chi connectivity index (χ3v) is 8.25. The van der Waals surface area contributed by atoms with Crippen molar-refractivity contribution in [2.24, 2.45) is 0 Å². The van der Waals surface area contributed by atoms with Crippen LogP contribution >= 0.6 is 0 Å². The predicted octanol–water partition coefficient (Wildman–Crippen LogP) is 3.54. The summed E-state index contributed by atoms with van der Waals surface area (Å²) in [6, 6.07) is 10.7. The standard InChI is InChI=1S/C23H25N3O4S/c1-30-20-9-8-17(16-5-2-6-16)15-18(20)23(11-4-12-23)22(27)25-31(28,29)21-7-3-14-26-19(21)10-13-24-26/h3,7-10,13-16H,2,4-6,11-12H2,1H3,(H,25,27). The van der Waals surface area contributed by atoms with Gasteiger partial charge < -0.3 is 4.74 Å². The molecule has 1 aromatic carbocycles. The molecule has 5 rings (SSSR count). The summed E-state index contributed by atoms with van der Waals surface area (Å²) in [5.41, 5.74) is 1.52. The molecule has 2 aliphatic carbocycles. The van der Waals surface area contributed by atoms with E-state index in [0.717, 1.165) is 24.8 Å². The molecule has 2 heterocycles. The van der Waals surface area contributed by atoms with Gasteiger partial charge in [0.05, 0.1) is 24.2 Å². The van der Waals surface area contributed by atoms with Gasteiger partial charge in [0.2, 0.25) is 5.91 Å². The van der Waals surface area contributed by atoms with Crippen molar-refractivity contribution in [3.8, 4) is 5.75 Å². The van der Waals surface area contributed by atoms with E-state index in [4.69, 9.17) is 4.74 Å². The van der Waals surface area contributed by atoms with Gasteiger partial charge in [-0.3, -0.25) is 4.79 Å². The molecule has 0 aliphatic heterocycles. The summed E-state index contributed by atoms with van der Waals surface area (Å²) in [5.74, 6) is 0.644. The van der Waals surface area contributed by atoms with Crippen molar-refractivity contribution in [2.45, 2.75) is 54.8 Å². The fourth-order valence-corrected chi connectivity index (χ4v) is 5.92. The summed E-state index contributed by atoms with van der Waals surface area (Å²) in [5, 5.41) is 4.08. The molecule has 7 nitrogen and oxygen atoms in total. The Morgan fingerprint density at radius 2 is 2.00 bits per heavy atom. The first kappa shape index (κ1) is 20.1. The number of amides is 1. The lowest BCUT2D eigenvalue weighted by atomic mass is 9.63. The van der Waals surface area contributed by atoms with Crippen LogP contribution < -0.4 is 9.46 Å². The van der Waals surface area contributed by atoms with Gasteiger partial charge in [0.1, 0.15) is 10.6 Å². The minimum Gasteiger partial charge on any atom is -0.496 e. The second-order valence-electron chi connectivity index (χ2n) is 8.49. The van der Waals surface area contributed by atoms with Crippen LogP contribution in [0.4, 0.5) is 0 Å². The van der Waals surface area contributed by atoms with E-state index in [1.807, 2.05) is 6.07 Å². The number of fused-ring (bicyclic) bond motifs is 1. The average Bonchev–Trinajstić information content (AvgIpc) is 3.14. The number of pyridine rings is 1. The quantitative estimate of drug-likeness (QED) is 0.635. The summed E-state index contributed by atoms with van der Waals surface area (Å²) in [6.07, 6.45) is 8.76. The molecule has 2 aromatic heterocycles. The molecule has 31 heavy (non-hydrogen) atoms. The van der Waals surface area contributed by atoms with E-state index in [9.17, 15) is 13.2 Å². The zero-order chi connectivity index (χ0) is 21.6. The number of benzene rings is 1. The minimum atomic E-state index is -4.06. The lowest BCUT2D eigenvalue weighted by Crippen LogP contribution is -2.51. The minimum absolute atomic E-state index is 0.0329. The molecule has 1 N–H and O–H groups in total. The fourth-order valence-electron chi connectivity index (χ4n) is 4.67. The summed E-state index contributed by atoms with van der Waals surface area (Å²) >= 11 is 0. The smallest absolute Gasteiger partial charge is 0.266 e. The number of carbonyl (C=O) groups excluding carboxylic acids is 1. The van der Waals surface area contributed by atoms with Crippen LogP contribution in [0.25, 0.3) is 5.52 Å². The Morgan fingerprint density at radius 3 is 2.65 bits per heavy atom. The number of aromatic nitrogens is 2. The first-order valence-corrected chi connectivity index (χ1v) is 12.1. The second kappa shape index (κ2) is 7.37. The van der Waals surface area contributed by atoms with Gasteiger partial charge >= 0.3 is 0 Å². The van der Waals surface area contributed by atoms with Crippen LogP contribution in [0.2, 0.25) is 0 Å². The molecule has 2 aliphatic rings. The molecule has 8 heteroatoms. The zero-order valence-electron chi connectivity index (χ0n) is 17.4. The Balaban J connectivity index is 1.51. The Morgan fingerprint density at radius 1 is 1.19 bits per heavy atom. The van der Waals surface area contributed by atoms with Crippen LogP contribution in [-0.2, 0) is 20.2 Å². The van der Waals surface area contributed by atoms with E-state index >= 15 is 0 Å². The zero-order valence-corrected chi connectivity index (χ0v) is 18.2. The van der Waals surface area contributed by atoms with E-state index in [1.165, 1.54) is 28.8 Å². The maximum atomic E-state index is 13.5. The summed E-state index contributed by atoms with van der Waals surface area (Å²) in [7, 11) is -2.48. The Bertz CT molecular complexity index is 1260. The summed E-state index contributed by atoms with van der Waals surface area (Å²) < 4.78 is 35.7. The predicted molar refractivity (Wildman–Crippen MR) is 116 cm³/mol. The van der Waals surface area contributed by atoms with Crippen LogP contribution in [-0.4, -0.2) is 31.0 Å². The van der Waals surface area contributed by atoms with Gasteiger partial charge in [-0.2, -0.15) is 5.10 Å². The highest BCUT2D eigenvalue weighted by atomic mass is 32.2. The third-order valence-electron chi connectivity index (χ3n) is 6.87. The SMILES string of the molecule is COc1ccc(C2CCC2)cc1C1(C(=O)NS(=O)(=O)c2cccn3nccc23)CCC1. The van der Waals surface area contributed by atoms with Gasteiger partial charge in [0.25, 0.3) is 10.0 Å².